The van der Waals surface area contributed by atoms with Gasteiger partial charge in [-0.3, -0.25) is 9.59 Å². The fraction of sp³-hybridized carbons (Fsp3) is 0.222. The Labute approximate surface area is 149 Å². The van der Waals surface area contributed by atoms with Gasteiger partial charge in [0.15, 0.2) is 0 Å². The van der Waals surface area contributed by atoms with Crippen molar-refractivity contribution in [3.05, 3.63) is 69.5 Å². The summed E-state index contributed by atoms with van der Waals surface area (Å²) in [4.78, 5) is 26.3. The summed E-state index contributed by atoms with van der Waals surface area (Å²) >= 11 is 5.86. The van der Waals surface area contributed by atoms with Gasteiger partial charge in [0.25, 0.3) is 5.56 Å². The molecule has 25 heavy (non-hydrogen) atoms. The largest absolute Gasteiger partial charge is 0.341 e. The fourth-order valence-corrected chi connectivity index (χ4v) is 2.64. The number of aromatic nitrogens is 3. The Morgan fingerprint density at radius 3 is 2.64 bits per heavy atom. The molecule has 0 saturated heterocycles. The molecule has 128 valence electrons. The van der Waals surface area contributed by atoms with Gasteiger partial charge in [0.2, 0.25) is 5.91 Å². The number of nitrogens with zero attached hydrogens (tertiary/aromatic N) is 4. The summed E-state index contributed by atoms with van der Waals surface area (Å²) in [7, 11) is 1.73. The van der Waals surface area contributed by atoms with Crippen LogP contribution >= 0.6 is 11.6 Å². The highest BCUT2D eigenvalue weighted by atomic mass is 35.5. The summed E-state index contributed by atoms with van der Waals surface area (Å²) in [5, 5.41) is 9.08. The first-order chi connectivity index (χ1) is 12.0. The molecule has 3 aromatic rings. The quantitative estimate of drug-likeness (QED) is 0.704. The van der Waals surface area contributed by atoms with E-state index in [1.807, 2.05) is 12.1 Å². The van der Waals surface area contributed by atoms with Gasteiger partial charge in [-0.2, -0.15) is 0 Å². The van der Waals surface area contributed by atoms with Gasteiger partial charge in [0, 0.05) is 25.0 Å². The summed E-state index contributed by atoms with van der Waals surface area (Å²) in [6.45, 7) is 0.675. The standard InChI is InChI=1S/C18H17ClN4O2/c1-22(12-13-6-8-14(19)9-7-13)17(24)10-11-23-18(25)15-4-2-3-5-16(15)20-21-23/h2-9H,10-12H2,1H3. The van der Waals surface area contributed by atoms with Gasteiger partial charge in [-0.15, -0.1) is 5.10 Å². The van der Waals surface area contributed by atoms with E-state index in [2.05, 4.69) is 10.3 Å². The molecular formula is C18H17ClN4O2. The van der Waals surface area contributed by atoms with Crippen molar-refractivity contribution in [1.29, 1.82) is 0 Å². The molecule has 0 saturated carbocycles. The molecule has 0 fully saturated rings. The van der Waals surface area contributed by atoms with Crippen LogP contribution < -0.4 is 5.56 Å². The fourth-order valence-electron chi connectivity index (χ4n) is 2.51. The number of aryl methyl sites for hydroxylation is 1. The molecular weight excluding hydrogens is 340 g/mol. The van der Waals surface area contributed by atoms with Crippen molar-refractivity contribution in [2.24, 2.45) is 0 Å². The van der Waals surface area contributed by atoms with Crippen LogP contribution in [-0.4, -0.2) is 32.8 Å². The highest BCUT2D eigenvalue weighted by Gasteiger charge is 2.11. The zero-order chi connectivity index (χ0) is 17.8. The Morgan fingerprint density at radius 2 is 1.88 bits per heavy atom. The number of rotatable bonds is 5. The molecule has 0 aliphatic heterocycles. The minimum atomic E-state index is -0.237. The number of halogens is 1. The van der Waals surface area contributed by atoms with Crippen LogP contribution in [-0.2, 0) is 17.9 Å². The maximum atomic E-state index is 12.4. The van der Waals surface area contributed by atoms with E-state index in [9.17, 15) is 9.59 Å². The monoisotopic (exact) mass is 356 g/mol. The first-order valence-corrected chi connectivity index (χ1v) is 8.23. The maximum Gasteiger partial charge on any atom is 0.277 e. The van der Waals surface area contributed by atoms with Crippen LogP contribution in [0.1, 0.15) is 12.0 Å². The second-order valence-electron chi connectivity index (χ2n) is 5.76. The first kappa shape index (κ1) is 17.1. The van der Waals surface area contributed by atoms with Crippen LogP contribution in [0.4, 0.5) is 0 Å². The molecule has 0 aliphatic rings. The Balaban J connectivity index is 1.64. The molecule has 0 atom stereocenters. The van der Waals surface area contributed by atoms with Crippen molar-refractivity contribution in [2.45, 2.75) is 19.5 Å². The van der Waals surface area contributed by atoms with E-state index in [1.54, 1.807) is 48.3 Å². The second-order valence-corrected chi connectivity index (χ2v) is 6.20. The maximum absolute atomic E-state index is 12.4. The molecule has 0 spiro atoms. The molecule has 0 N–H and O–H groups in total. The lowest BCUT2D eigenvalue weighted by molar-refractivity contribution is -0.130. The summed E-state index contributed by atoms with van der Waals surface area (Å²) in [6.07, 6.45) is 0.178. The number of hydrogen-bond donors (Lipinski definition) is 0. The van der Waals surface area contributed by atoms with Crippen LogP contribution in [0.25, 0.3) is 10.9 Å². The molecule has 1 aromatic heterocycles. The van der Waals surface area contributed by atoms with E-state index in [-0.39, 0.29) is 24.4 Å². The number of fused-ring (bicyclic) bond motifs is 1. The van der Waals surface area contributed by atoms with Crippen LogP contribution in [0.5, 0.6) is 0 Å². The third kappa shape index (κ3) is 4.03. The number of carbonyl (C=O) groups is 1. The van der Waals surface area contributed by atoms with E-state index < -0.39 is 0 Å². The van der Waals surface area contributed by atoms with Crippen LogP contribution in [0.3, 0.4) is 0 Å². The minimum absolute atomic E-state index is 0.0724. The van der Waals surface area contributed by atoms with E-state index in [0.717, 1.165) is 5.56 Å². The van der Waals surface area contributed by atoms with Crippen molar-refractivity contribution in [1.82, 2.24) is 19.9 Å². The summed E-state index contributed by atoms with van der Waals surface area (Å²) in [6, 6.07) is 14.4. The minimum Gasteiger partial charge on any atom is -0.341 e. The third-order valence-corrected chi connectivity index (χ3v) is 4.18. The van der Waals surface area contributed by atoms with E-state index >= 15 is 0 Å². The lowest BCUT2D eigenvalue weighted by Crippen LogP contribution is -2.30. The number of hydrogen-bond acceptors (Lipinski definition) is 4. The van der Waals surface area contributed by atoms with Crippen LogP contribution in [0, 0.1) is 0 Å². The van der Waals surface area contributed by atoms with Gasteiger partial charge in [0.05, 0.1) is 11.9 Å². The van der Waals surface area contributed by atoms with Crippen molar-refractivity contribution in [2.75, 3.05) is 7.05 Å². The van der Waals surface area contributed by atoms with Gasteiger partial charge in [0.1, 0.15) is 5.52 Å². The lowest BCUT2D eigenvalue weighted by Gasteiger charge is -2.17. The van der Waals surface area contributed by atoms with Crippen molar-refractivity contribution < 1.29 is 4.79 Å². The molecule has 2 aromatic carbocycles. The second kappa shape index (κ2) is 7.44. The van der Waals surface area contributed by atoms with E-state index in [0.29, 0.717) is 22.5 Å². The van der Waals surface area contributed by atoms with Crippen LogP contribution in [0.15, 0.2) is 53.3 Å². The summed E-state index contributed by atoms with van der Waals surface area (Å²) < 4.78 is 1.23. The molecule has 0 radical (unpaired) electrons. The SMILES string of the molecule is CN(Cc1ccc(Cl)cc1)C(=O)CCn1nnc2ccccc2c1=O. The number of carbonyl (C=O) groups excluding carboxylic acids is 1. The molecule has 1 amide bonds. The topological polar surface area (TPSA) is 68.1 Å². The normalized spacial score (nSPS) is 10.8. The van der Waals surface area contributed by atoms with E-state index in [4.69, 9.17) is 11.6 Å². The smallest absolute Gasteiger partial charge is 0.277 e. The first-order valence-electron chi connectivity index (χ1n) is 7.85. The molecule has 7 heteroatoms. The van der Waals surface area contributed by atoms with Gasteiger partial charge in [-0.05, 0) is 29.8 Å². The molecule has 0 bridgehead atoms. The number of benzene rings is 2. The highest BCUT2D eigenvalue weighted by molar-refractivity contribution is 6.30. The molecule has 0 aliphatic carbocycles. The summed E-state index contributed by atoms with van der Waals surface area (Å²) in [5.41, 5.74) is 1.30. The van der Waals surface area contributed by atoms with Gasteiger partial charge in [-0.1, -0.05) is 41.1 Å². The molecule has 0 unspecified atom stereocenters. The Hall–Kier alpha value is -2.73. The van der Waals surface area contributed by atoms with Gasteiger partial charge < -0.3 is 4.90 Å². The summed E-state index contributed by atoms with van der Waals surface area (Å²) in [5.74, 6) is -0.0724. The lowest BCUT2D eigenvalue weighted by atomic mass is 10.2. The van der Waals surface area contributed by atoms with Crippen molar-refractivity contribution in [3.8, 4) is 0 Å². The molecule has 1 heterocycles. The predicted octanol–water partition coefficient (Wildman–Crippen LogP) is 2.49. The molecule has 3 rings (SSSR count). The third-order valence-electron chi connectivity index (χ3n) is 3.93. The Kier molecular flexibility index (Phi) is 5.09. The zero-order valence-electron chi connectivity index (χ0n) is 13.7. The highest BCUT2D eigenvalue weighted by Crippen LogP contribution is 2.11. The number of amides is 1. The predicted molar refractivity (Wildman–Crippen MR) is 96.3 cm³/mol. The average Bonchev–Trinajstić information content (AvgIpc) is 2.63. The van der Waals surface area contributed by atoms with Gasteiger partial charge in [-0.25, -0.2) is 4.68 Å². The van der Waals surface area contributed by atoms with Crippen molar-refractivity contribution in [3.63, 3.8) is 0 Å². The molecule has 6 nitrogen and oxygen atoms in total. The van der Waals surface area contributed by atoms with Gasteiger partial charge >= 0.3 is 0 Å². The Bertz CT molecular complexity index is 953. The van der Waals surface area contributed by atoms with E-state index in [1.165, 1.54) is 4.68 Å². The zero-order valence-corrected chi connectivity index (χ0v) is 14.5. The Morgan fingerprint density at radius 1 is 1.16 bits per heavy atom. The van der Waals surface area contributed by atoms with Crippen LogP contribution in [0.2, 0.25) is 5.02 Å². The van der Waals surface area contributed by atoms with Crippen molar-refractivity contribution >= 4 is 28.4 Å². The average molecular weight is 357 g/mol.